The second-order valence-electron chi connectivity index (χ2n) is 7.32. The second kappa shape index (κ2) is 9.29. The van der Waals surface area contributed by atoms with Crippen LogP contribution in [0.25, 0.3) is 0 Å². The quantitative estimate of drug-likeness (QED) is 0.704. The minimum atomic E-state index is -4.80. The van der Waals surface area contributed by atoms with E-state index in [0.717, 1.165) is 22.5 Å². The molecule has 2 amide bonds. The third-order valence-electron chi connectivity index (χ3n) is 5.28. The topological polar surface area (TPSA) is 95.6 Å². The van der Waals surface area contributed by atoms with Crippen LogP contribution >= 0.6 is 0 Å². The molecule has 0 radical (unpaired) electrons. The number of nitrogens with zero attached hydrogens (tertiary/aromatic N) is 1. The average molecular weight is 469 g/mol. The standard InChI is InChI=1S/C21H22F3N3O4S/c1-25-19(28)14-6-8-16(9-7-14)26-20(29)15-10-12-27(13-11-15)32(30,31)18-5-3-2-4-17(18)21(22,23)24/h2-9,15H,10-13H2,1H3,(H,25,28)(H,26,29). The van der Waals surface area contributed by atoms with Crippen LogP contribution in [0.4, 0.5) is 18.9 Å². The van der Waals surface area contributed by atoms with Gasteiger partial charge in [-0.15, -0.1) is 0 Å². The molecule has 0 spiro atoms. The molecule has 1 heterocycles. The molecule has 0 unspecified atom stereocenters. The van der Waals surface area contributed by atoms with Gasteiger partial charge in [-0.2, -0.15) is 17.5 Å². The summed E-state index contributed by atoms with van der Waals surface area (Å²) in [5.41, 5.74) is -0.292. The van der Waals surface area contributed by atoms with Crippen LogP contribution in [-0.2, 0) is 21.0 Å². The van der Waals surface area contributed by atoms with E-state index in [0.29, 0.717) is 11.3 Å². The summed E-state index contributed by atoms with van der Waals surface area (Å²) in [5.74, 6) is -1.06. The van der Waals surface area contributed by atoms with Crippen molar-refractivity contribution >= 4 is 27.5 Å². The highest BCUT2D eigenvalue weighted by Gasteiger charge is 2.40. The van der Waals surface area contributed by atoms with Crippen molar-refractivity contribution in [2.75, 3.05) is 25.5 Å². The van der Waals surface area contributed by atoms with Crippen LogP contribution in [0.5, 0.6) is 0 Å². The second-order valence-corrected chi connectivity index (χ2v) is 9.22. The van der Waals surface area contributed by atoms with Crippen LogP contribution in [0.3, 0.4) is 0 Å². The van der Waals surface area contributed by atoms with E-state index >= 15 is 0 Å². The Balaban J connectivity index is 1.65. The number of nitrogens with one attached hydrogen (secondary N) is 2. The number of halogens is 3. The van der Waals surface area contributed by atoms with Gasteiger partial charge >= 0.3 is 6.18 Å². The van der Waals surface area contributed by atoms with Crippen LogP contribution in [0, 0.1) is 5.92 Å². The zero-order valence-corrected chi connectivity index (χ0v) is 18.0. The molecule has 2 aromatic carbocycles. The molecule has 0 atom stereocenters. The Morgan fingerprint density at radius 3 is 2.16 bits per heavy atom. The number of hydrogen-bond donors (Lipinski definition) is 2. The van der Waals surface area contributed by atoms with Crippen LogP contribution in [-0.4, -0.2) is 44.7 Å². The van der Waals surface area contributed by atoms with Crippen molar-refractivity contribution in [2.45, 2.75) is 23.9 Å². The third-order valence-corrected chi connectivity index (χ3v) is 7.23. The summed E-state index contributed by atoms with van der Waals surface area (Å²) in [5, 5.41) is 5.21. The molecule has 11 heteroatoms. The first kappa shape index (κ1) is 23.7. The number of alkyl halides is 3. The maximum Gasteiger partial charge on any atom is 0.417 e. The van der Waals surface area contributed by atoms with Crippen molar-refractivity contribution in [3.63, 3.8) is 0 Å². The Labute approximate surface area is 183 Å². The largest absolute Gasteiger partial charge is 0.417 e. The van der Waals surface area contributed by atoms with E-state index in [2.05, 4.69) is 10.6 Å². The molecular weight excluding hydrogens is 447 g/mol. The van der Waals surface area contributed by atoms with Crippen LogP contribution < -0.4 is 10.6 Å². The smallest absolute Gasteiger partial charge is 0.355 e. The Hall–Kier alpha value is -2.92. The fraction of sp³-hybridized carbons (Fsp3) is 0.333. The van der Waals surface area contributed by atoms with Crippen molar-refractivity contribution in [3.8, 4) is 0 Å². The molecule has 1 aliphatic heterocycles. The Kier molecular flexibility index (Phi) is 6.89. The lowest BCUT2D eigenvalue weighted by atomic mass is 9.97. The van der Waals surface area contributed by atoms with E-state index in [-0.39, 0.29) is 37.7 Å². The third kappa shape index (κ3) is 5.10. The van der Waals surface area contributed by atoms with Crippen molar-refractivity contribution in [2.24, 2.45) is 5.92 Å². The fourth-order valence-electron chi connectivity index (χ4n) is 3.52. The number of carbonyl (C=O) groups is 2. The van der Waals surface area contributed by atoms with Crippen molar-refractivity contribution in [3.05, 3.63) is 59.7 Å². The fourth-order valence-corrected chi connectivity index (χ4v) is 5.20. The first-order valence-electron chi connectivity index (χ1n) is 9.83. The number of sulfonamides is 1. The Morgan fingerprint density at radius 2 is 1.59 bits per heavy atom. The molecule has 172 valence electrons. The summed E-state index contributed by atoms with van der Waals surface area (Å²) in [4.78, 5) is 23.3. The van der Waals surface area contributed by atoms with Gasteiger partial charge in [0.05, 0.1) is 10.5 Å². The molecular formula is C21H22F3N3O4S. The lowest BCUT2D eigenvalue weighted by Crippen LogP contribution is -2.41. The number of benzene rings is 2. The molecule has 2 N–H and O–H groups in total. The highest BCUT2D eigenvalue weighted by molar-refractivity contribution is 7.89. The maximum atomic E-state index is 13.3. The van der Waals surface area contributed by atoms with E-state index in [1.165, 1.54) is 13.1 Å². The molecule has 0 saturated carbocycles. The number of amides is 2. The van der Waals surface area contributed by atoms with Gasteiger partial charge in [0.1, 0.15) is 0 Å². The molecule has 3 rings (SSSR count). The van der Waals surface area contributed by atoms with E-state index in [1.54, 1.807) is 24.3 Å². The molecule has 32 heavy (non-hydrogen) atoms. The van der Waals surface area contributed by atoms with E-state index in [1.807, 2.05) is 0 Å². The van der Waals surface area contributed by atoms with Gasteiger partial charge in [0.2, 0.25) is 15.9 Å². The van der Waals surface area contributed by atoms with Gasteiger partial charge in [0.15, 0.2) is 0 Å². The molecule has 0 aliphatic carbocycles. The monoisotopic (exact) mass is 469 g/mol. The highest BCUT2D eigenvalue weighted by atomic mass is 32.2. The summed E-state index contributed by atoms with van der Waals surface area (Å²) in [7, 11) is -2.85. The van der Waals surface area contributed by atoms with Crippen LogP contribution in [0.15, 0.2) is 53.4 Å². The van der Waals surface area contributed by atoms with Gasteiger partial charge < -0.3 is 10.6 Å². The van der Waals surface area contributed by atoms with Crippen LogP contribution in [0.2, 0.25) is 0 Å². The number of anilines is 1. The first-order chi connectivity index (χ1) is 15.0. The zero-order valence-electron chi connectivity index (χ0n) is 17.1. The van der Waals surface area contributed by atoms with Gasteiger partial charge in [0.25, 0.3) is 5.91 Å². The number of piperidine rings is 1. The van der Waals surface area contributed by atoms with E-state index < -0.39 is 32.6 Å². The molecule has 0 aromatic heterocycles. The van der Waals surface area contributed by atoms with Crippen molar-refractivity contribution < 1.29 is 31.2 Å². The predicted molar refractivity (Wildman–Crippen MR) is 111 cm³/mol. The summed E-state index contributed by atoms with van der Waals surface area (Å²) >= 11 is 0. The summed E-state index contributed by atoms with van der Waals surface area (Å²) < 4.78 is 66.4. The van der Waals surface area contributed by atoms with Crippen LogP contribution in [0.1, 0.15) is 28.8 Å². The minimum Gasteiger partial charge on any atom is -0.355 e. The predicted octanol–water partition coefficient (Wildman–Crippen LogP) is 3.10. The lowest BCUT2D eigenvalue weighted by molar-refractivity contribution is -0.139. The van der Waals surface area contributed by atoms with Gasteiger partial charge in [0, 0.05) is 37.3 Å². The maximum absolute atomic E-state index is 13.3. The summed E-state index contributed by atoms with van der Waals surface area (Å²) in [6.07, 6.45) is -4.44. The highest BCUT2D eigenvalue weighted by Crippen LogP contribution is 2.36. The Bertz CT molecular complexity index is 1090. The average Bonchev–Trinajstić information content (AvgIpc) is 2.78. The molecule has 2 aromatic rings. The first-order valence-corrected chi connectivity index (χ1v) is 11.3. The molecule has 1 aliphatic rings. The summed E-state index contributed by atoms with van der Waals surface area (Å²) in [6.45, 7) is -0.134. The summed E-state index contributed by atoms with van der Waals surface area (Å²) in [6, 6.07) is 10.3. The van der Waals surface area contributed by atoms with Crippen molar-refractivity contribution in [1.82, 2.24) is 9.62 Å². The lowest BCUT2D eigenvalue weighted by Gasteiger charge is -2.31. The molecule has 0 bridgehead atoms. The Morgan fingerprint density at radius 1 is 1.00 bits per heavy atom. The molecule has 1 saturated heterocycles. The number of rotatable bonds is 5. The SMILES string of the molecule is CNC(=O)c1ccc(NC(=O)C2CCN(S(=O)(=O)c3ccccc3C(F)(F)F)CC2)cc1. The van der Waals surface area contributed by atoms with Gasteiger partial charge in [-0.25, -0.2) is 8.42 Å². The number of hydrogen-bond acceptors (Lipinski definition) is 4. The van der Waals surface area contributed by atoms with Crippen molar-refractivity contribution in [1.29, 1.82) is 0 Å². The number of carbonyl (C=O) groups excluding carboxylic acids is 2. The van der Waals surface area contributed by atoms with Gasteiger partial charge in [-0.05, 0) is 49.2 Å². The van der Waals surface area contributed by atoms with Gasteiger partial charge in [-0.1, -0.05) is 12.1 Å². The normalized spacial score (nSPS) is 15.9. The van der Waals surface area contributed by atoms with E-state index in [4.69, 9.17) is 0 Å². The van der Waals surface area contributed by atoms with E-state index in [9.17, 15) is 31.2 Å². The zero-order chi connectivity index (χ0) is 23.5. The minimum absolute atomic E-state index is 0.0672. The molecule has 1 fully saturated rings. The van der Waals surface area contributed by atoms with Gasteiger partial charge in [-0.3, -0.25) is 9.59 Å². The molecule has 7 nitrogen and oxygen atoms in total.